The molecule has 2 aromatic heterocycles. The Hall–Kier alpha value is -2.69. The topological polar surface area (TPSA) is 37.6 Å². The second kappa shape index (κ2) is 7.68. The van der Waals surface area contributed by atoms with Crippen LogP contribution in [-0.4, -0.2) is 33.3 Å². The maximum absolute atomic E-state index is 14.6. The highest BCUT2D eigenvalue weighted by molar-refractivity contribution is 5.77. The van der Waals surface area contributed by atoms with Crippen molar-refractivity contribution in [2.24, 2.45) is 0 Å². The molecular formula is C21H24FN3O. The first-order valence-electron chi connectivity index (χ1n) is 9.01. The summed E-state index contributed by atoms with van der Waals surface area (Å²) < 4.78 is 16.5. The van der Waals surface area contributed by atoms with Gasteiger partial charge in [0.1, 0.15) is 11.5 Å². The van der Waals surface area contributed by atoms with Crippen LogP contribution in [0, 0.1) is 12.7 Å². The van der Waals surface area contributed by atoms with Crippen LogP contribution in [0.25, 0.3) is 5.65 Å². The number of hydrogen-bond donors (Lipinski definition) is 0. The van der Waals surface area contributed by atoms with E-state index in [2.05, 4.69) is 4.98 Å². The number of carbonyl (C=O) groups excluding carboxylic acids is 1. The van der Waals surface area contributed by atoms with Crippen molar-refractivity contribution in [2.45, 2.75) is 33.1 Å². The summed E-state index contributed by atoms with van der Waals surface area (Å²) in [5.74, 6) is -0.667. The number of imidazole rings is 1. The Morgan fingerprint density at radius 1 is 1.23 bits per heavy atom. The van der Waals surface area contributed by atoms with Crippen molar-refractivity contribution < 1.29 is 9.18 Å². The highest BCUT2D eigenvalue weighted by atomic mass is 19.1. The fourth-order valence-electron chi connectivity index (χ4n) is 3.37. The van der Waals surface area contributed by atoms with Crippen LogP contribution in [0.1, 0.15) is 43.0 Å². The van der Waals surface area contributed by atoms with Gasteiger partial charge in [0, 0.05) is 37.8 Å². The Morgan fingerprint density at radius 3 is 2.65 bits per heavy atom. The minimum absolute atomic E-state index is 0.0188. The zero-order valence-corrected chi connectivity index (χ0v) is 15.4. The number of carbonyl (C=O) groups is 1. The van der Waals surface area contributed by atoms with Gasteiger partial charge in [0.25, 0.3) is 0 Å². The maximum atomic E-state index is 14.6. The number of fused-ring (bicyclic) bond motifs is 1. The lowest BCUT2D eigenvalue weighted by Crippen LogP contribution is -2.32. The monoisotopic (exact) mass is 353 g/mol. The van der Waals surface area contributed by atoms with Crippen LogP contribution in [0.5, 0.6) is 0 Å². The van der Waals surface area contributed by atoms with Crippen LogP contribution in [0.2, 0.25) is 0 Å². The minimum atomic E-state index is -0.387. The Labute approximate surface area is 153 Å². The van der Waals surface area contributed by atoms with Crippen molar-refractivity contribution in [3.63, 3.8) is 0 Å². The van der Waals surface area contributed by atoms with Crippen molar-refractivity contribution >= 4 is 11.6 Å². The predicted octanol–water partition coefficient (Wildman–Crippen LogP) is 4.17. The molecular weight excluding hydrogens is 329 g/mol. The number of pyridine rings is 1. The Kier molecular flexibility index (Phi) is 5.35. The molecule has 1 amide bonds. The molecule has 0 spiro atoms. The lowest BCUT2D eigenvalue weighted by molar-refractivity contribution is -0.131. The van der Waals surface area contributed by atoms with E-state index >= 15 is 0 Å². The average molecular weight is 353 g/mol. The van der Waals surface area contributed by atoms with E-state index < -0.39 is 0 Å². The fourth-order valence-corrected chi connectivity index (χ4v) is 3.37. The Bertz CT molecular complexity index is 915. The van der Waals surface area contributed by atoms with E-state index in [0.29, 0.717) is 18.7 Å². The van der Waals surface area contributed by atoms with Gasteiger partial charge in [-0.15, -0.1) is 0 Å². The molecule has 5 heteroatoms. The zero-order valence-electron chi connectivity index (χ0n) is 15.4. The normalized spacial score (nSPS) is 12.3. The number of amides is 1. The van der Waals surface area contributed by atoms with Crippen molar-refractivity contribution in [3.05, 3.63) is 71.4 Å². The number of benzene rings is 1. The molecule has 1 aromatic carbocycles. The molecule has 136 valence electrons. The van der Waals surface area contributed by atoms with Crippen LogP contribution >= 0.6 is 0 Å². The summed E-state index contributed by atoms with van der Waals surface area (Å²) in [6, 6.07) is 10.6. The Balaban J connectivity index is 2.08. The van der Waals surface area contributed by atoms with Gasteiger partial charge in [0.15, 0.2) is 0 Å². The molecule has 2 heterocycles. The van der Waals surface area contributed by atoms with Gasteiger partial charge in [0.2, 0.25) is 5.91 Å². The Morgan fingerprint density at radius 2 is 1.96 bits per heavy atom. The van der Waals surface area contributed by atoms with Crippen molar-refractivity contribution in [1.29, 1.82) is 0 Å². The quantitative estimate of drug-likeness (QED) is 0.667. The van der Waals surface area contributed by atoms with Gasteiger partial charge in [-0.1, -0.05) is 18.2 Å². The summed E-state index contributed by atoms with van der Waals surface area (Å²) in [6.45, 7) is 7.21. The number of aromatic nitrogens is 2. The molecule has 3 aromatic rings. The van der Waals surface area contributed by atoms with Crippen molar-refractivity contribution in [3.8, 4) is 0 Å². The standard InChI is InChI=1S/C21H24FN3O/c1-4-24(5-2)21(26)13-17(16-8-6-7-9-18(16)22)19-14-23-20-12-15(3)10-11-25(19)20/h6-12,14,17H,4-5,13H2,1-3H3. The smallest absolute Gasteiger partial charge is 0.223 e. The van der Waals surface area contributed by atoms with Crippen LogP contribution in [0.3, 0.4) is 0 Å². The van der Waals surface area contributed by atoms with Crippen LogP contribution in [0.15, 0.2) is 48.8 Å². The third-order valence-corrected chi connectivity index (χ3v) is 4.83. The molecule has 0 saturated heterocycles. The third kappa shape index (κ3) is 3.47. The van der Waals surface area contributed by atoms with E-state index in [1.165, 1.54) is 6.07 Å². The van der Waals surface area contributed by atoms with Crippen molar-refractivity contribution in [1.82, 2.24) is 14.3 Å². The van der Waals surface area contributed by atoms with Gasteiger partial charge in [-0.05, 0) is 50.1 Å². The molecule has 0 saturated carbocycles. The average Bonchev–Trinajstić information content (AvgIpc) is 3.04. The van der Waals surface area contributed by atoms with Gasteiger partial charge < -0.3 is 9.30 Å². The number of halogens is 1. The first kappa shape index (κ1) is 18.1. The molecule has 0 aliphatic carbocycles. The molecule has 0 aliphatic heterocycles. The lowest BCUT2D eigenvalue weighted by Gasteiger charge is -2.23. The molecule has 1 atom stereocenters. The van der Waals surface area contributed by atoms with Gasteiger partial charge in [-0.2, -0.15) is 0 Å². The summed E-state index contributed by atoms with van der Waals surface area (Å²) in [4.78, 5) is 19.0. The van der Waals surface area contributed by atoms with Crippen molar-refractivity contribution in [2.75, 3.05) is 13.1 Å². The number of nitrogens with zero attached hydrogens (tertiary/aromatic N) is 3. The van der Waals surface area contributed by atoms with Crippen LogP contribution in [-0.2, 0) is 4.79 Å². The van der Waals surface area contributed by atoms with E-state index in [1.807, 2.05) is 43.5 Å². The van der Waals surface area contributed by atoms with E-state index in [0.717, 1.165) is 16.9 Å². The minimum Gasteiger partial charge on any atom is -0.343 e. The van der Waals surface area contributed by atoms with Crippen LogP contribution in [0.4, 0.5) is 4.39 Å². The van der Waals surface area contributed by atoms with E-state index in [-0.39, 0.29) is 24.1 Å². The molecule has 0 N–H and O–H groups in total. The number of aryl methyl sites for hydroxylation is 1. The molecule has 3 rings (SSSR count). The highest BCUT2D eigenvalue weighted by Crippen LogP contribution is 2.31. The van der Waals surface area contributed by atoms with Crippen LogP contribution < -0.4 is 0 Å². The highest BCUT2D eigenvalue weighted by Gasteiger charge is 2.26. The molecule has 26 heavy (non-hydrogen) atoms. The van der Waals surface area contributed by atoms with Gasteiger partial charge in [-0.25, -0.2) is 9.37 Å². The molecule has 0 fully saturated rings. The lowest BCUT2D eigenvalue weighted by atomic mass is 9.91. The second-order valence-corrected chi connectivity index (χ2v) is 6.46. The largest absolute Gasteiger partial charge is 0.343 e. The summed E-state index contributed by atoms with van der Waals surface area (Å²) >= 11 is 0. The zero-order chi connectivity index (χ0) is 18.7. The summed E-state index contributed by atoms with van der Waals surface area (Å²) in [5.41, 5.74) is 3.26. The summed E-state index contributed by atoms with van der Waals surface area (Å²) in [7, 11) is 0. The SMILES string of the molecule is CCN(CC)C(=O)CC(c1ccccc1F)c1cnc2cc(C)ccn12. The molecule has 0 aliphatic rings. The van der Waals surface area contributed by atoms with Gasteiger partial charge in [0.05, 0.1) is 5.69 Å². The van der Waals surface area contributed by atoms with E-state index in [9.17, 15) is 9.18 Å². The maximum Gasteiger partial charge on any atom is 0.223 e. The van der Waals surface area contributed by atoms with Gasteiger partial charge >= 0.3 is 0 Å². The molecule has 4 nitrogen and oxygen atoms in total. The first-order chi connectivity index (χ1) is 12.5. The predicted molar refractivity (Wildman–Crippen MR) is 101 cm³/mol. The summed E-state index contributed by atoms with van der Waals surface area (Å²) in [6.07, 6.45) is 3.90. The number of rotatable bonds is 6. The van der Waals surface area contributed by atoms with Gasteiger partial charge in [-0.3, -0.25) is 4.79 Å². The molecule has 0 bridgehead atoms. The fraction of sp³-hybridized carbons (Fsp3) is 0.333. The molecule has 1 unspecified atom stereocenters. The second-order valence-electron chi connectivity index (χ2n) is 6.46. The van der Waals surface area contributed by atoms with E-state index in [1.54, 1.807) is 29.3 Å². The van der Waals surface area contributed by atoms with E-state index in [4.69, 9.17) is 0 Å². The number of hydrogen-bond acceptors (Lipinski definition) is 2. The molecule has 0 radical (unpaired) electrons. The summed E-state index contributed by atoms with van der Waals surface area (Å²) in [5, 5.41) is 0. The third-order valence-electron chi connectivity index (χ3n) is 4.83. The first-order valence-corrected chi connectivity index (χ1v) is 9.01.